The maximum absolute atomic E-state index is 13.2. The molecule has 0 radical (unpaired) electrons. The fraction of sp³-hybridized carbons (Fsp3) is 0.727. The molecule has 0 aliphatic heterocycles. The Hall–Kier alpha value is -1.42. The summed E-state index contributed by atoms with van der Waals surface area (Å²) < 4.78 is 5.74. The van der Waals surface area contributed by atoms with Crippen LogP contribution in [0.4, 0.5) is 0 Å². The van der Waals surface area contributed by atoms with Crippen molar-refractivity contribution in [2.75, 3.05) is 0 Å². The second kappa shape index (κ2) is 5.79. The minimum atomic E-state index is -1.17. The Morgan fingerprint density at radius 1 is 1.27 bits per heavy atom. The zero-order valence-corrected chi connectivity index (χ0v) is 16.7. The maximum Gasteiger partial charge on any atom is 0.302 e. The van der Waals surface area contributed by atoms with Crippen LogP contribution in [0.2, 0.25) is 0 Å². The SMILES string of the molecule is C=C[C@]1(C)C=C2C[C@@H](OC(C)=O)[C@H]3C(C)(C)CCC(=O)[C@]3(C)[C@@]2(O)CC1. The molecule has 0 bridgehead atoms. The lowest BCUT2D eigenvalue weighted by atomic mass is 9.42. The number of hydrogen-bond donors (Lipinski definition) is 1. The molecular formula is C22H32O4. The van der Waals surface area contributed by atoms with Crippen LogP contribution in [0.1, 0.15) is 66.7 Å². The number of esters is 1. The zero-order valence-electron chi connectivity index (χ0n) is 16.7. The van der Waals surface area contributed by atoms with E-state index in [0.717, 1.165) is 18.4 Å². The van der Waals surface area contributed by atoms with Gasteiger partial charge in [0, 0.05) is 31.1 Å². The summed E-state index contributed by atoms with van der Waals surface area (Å²) in [5, 5.41) is 11.9. The molecule has 0 saturated heterocycles. The summed E-state index contributed by atoms with van der Waals surface area (Å²) >= 11 is 0. The Labute approximate surface area is 156 Å². The first-order chi connectivity index (χ1) is 11.9. The van der Waals surface area contributed by atoms with Crippen molar-refractivity contribution in [3.05, 3.63) is 24.3 Å². The van der Waals surface area contributed by atoms with Crippen LogP contribution in [0.25, 0.3) is 0 Å². The highest BCUT2D eigenvalue weighted by Crippen LogP contribution is 2.64. The van der Waals surface area contributed by atoms with Gasteiger partial charge in [0.25, 0.3) is 0 Å². The second-order valence-electron chi connectivity index (χ2n) is 9.68. The predicted octanol–water partition coefficient (Wildman–Crippen LogP) is 3.98. The third-order valence-corrected chi connectivity index (χ3v) is 7.54. The van der Waals surface area contributed by atoms with E-state index in [9.17, 15) is 14.7 Å². The number of hydrogen-bond acceptors (Lipinski definition) is 4. The van der Waals surface area contributed by atoms with E-state index in [4.69, 9.17) is 4.74 Å². The summed E-state index contributed by atoms with van der Waals surface area (Å²) in [6, 6.07) is 0. The van der Waals surface area contributed by atoms with E-state index in [0.29, 0.717) is 19.3 Å². The first-order valence-electron chi connectivity index (χ1n) is 9.68. The van der Waals surface area contributed by atoms with Crippen LogP contribution in [0, 0.1) is 22.2 Å². The lowest BCUT2D eigenvalue weighted by Crippen LogP contribution is -2.69. The fourth-order valence-corrected chi connectivity index (χ4v) is 6.01. The van der Waals surface area contributed by atoms with E-state index in [1.54, 1.807) is 0 Å². The number of ketones is 1. The first-order valence-corrected chi connectivity index (χ1v) is 9.68. The van der Waals surface area contributed by atoms with E-state index in [-0.39, 0.29) is 28.5 Å². The van der Waals surface area contributed by atoms with Crippen molar-refractivity contribution in [1.29, 1.82) is 0 Å². The van der Waals surface area contributed by atoms with Gasteiger partial charge in [-0.1, -0.05) is 32.9 Å². The topological polar surface area (TPSA) is 63.6 Å². The first kappa shape index (κ1) is 19.3. The Bertz CT molecular complexity index is 690. The molecule has 0 aromatic heterocycles. The summed E-state index contributed by atoms with van der Waals surface area (Å²) in [6.45, 7) is 13.6. The van der Waals surface area contributed by atoms with E-state index in [2.05, 4.69) is 33.4 Å². The van der Waals surface area contributed by atoms with Gasteiger partial charge in [-0.2, -0.15) is 0 Å². The average molecular weight is 360 g/mol. The Kier molecular flexibility index (Phi) is 4.31. The smallest absolute Gasteiger partial charge is 0.302 e. The van der Waals surface area contributed by atoms with Gasteiger partial charge in [-0.25, -0.2) is 0 Å². The van der Waals surface area contributed by atoms with E-state index in [1.807, 2.05) is 13.0 Å². The normalized spacial score (nSPS) is 44.4. The number of ether oxygens (including phenoxy) is 1. The van der Waals surface area contributed by atoms with Crippen molar-refractivity contribution in [2.45, 2.75) is 78.4 Å². The Morgan fingerprint density at radius 3 is 2.50 bits per heavy atom. The van der Waals surface area contributed by atoms with E-state index >= 15 is 0 Å². The van der Waals surface area contributed by atoms with Crippen LogP contribution < -0.4 is 0 Å². The van der Waals surface area contributed by atoms with Gasteiger partial charge in [0.15, 0.2) is 0 Å². The molecule has 5 atom stereocenters. The standard InChI is InChI=1S/C22H32O4/c1-7-20(5)10-11-22(25)15(13-20)12-16(26-14(2)23)18-19(3,4)9-8-17(24)21(18,22)6/h7,13,16,18,25H,1,8-12H2,2-6H3/t16-,18+,20+,21+,22-/m1/s1. The molecule has 0 aromatic rings. The summed E-state index contributed by atoms with van der Waals surface area (Å²) in [6.07, 6.45) is 6.56. The highest BCUT2D eigenvalue weighted by Gasteiger charge is 2.68. The van der Waals surface area contributed by atoms with Crippen LogP contribution in [-0.2, 0) is 14.3 Å². The Balaban J connectivity index is 2.20. The molecule has 1 N–H and O–H groups in total. The van der Waals surface area contributed by atoms with Crippen LogP contribution >= 0.6 is 0 Å². The molecule has 0 heterocycles. The minimum Gasteiger partial charge on any atom is -0.462 e. The molecule has 0 unspecified atom stereocenters. The van der Waals surface area contributed by atoms with Crippen molar-refractivity contribution in [2.24, 2.45) is 22.2 Å². The highest BCUT2D eigenvalue weighted by molar-refractivity contribution is 5.88. The van der Waals surface area contributed by atoms with Crippen LogP contribution in [0.3, 0.4) is 0 Å². The molecule has 3 rings (SSSR count). The van der Waals surface area contributed by atoms with Gasteiger partial charge in [-0.05, 0) is 37.2 Å². The summed E-state index contributed by atoms with van der Waals surface area (Å²) in [4.78, 5) is 25.0. The lowest BCUT2D eigenvalue weighted by molar-refractivity contribution is -0.207. The quantitative estimate of drug-likeness (QED) is 0.598. The molecule has 0 spiro atoms. The molecule has 0 amide bonds. The van der Waals surface area contributed by atoms with Gasteiger partial charge in [0.2, 0.25) is 0 Å². The van der Waals surface area contributed by atoms with E-state index < -0.39 is 17.1 Å². The van der Waals surface area contributed by atoms with Crippen molar-refractivity contribution >= 4 is 11.8 Å². The average Bonchev–Trinajstić information content (AvgIpc) is 2.53. The maximum atomic E-state index is 13.2. The van der Waals surface area contributed by atoms with Crippen LogP contribution in [-0.4, -0.2) is 28.6 Å². The van der Waals surface area contributed by atoms with Crippen molar-refractivity contribution in [3.8, 4) is 0 Å². The number of fused-ring (bicyclic) bond motifs is 3. The van der Waals surface area contributed by atoms with E-state index in [1.165, 1.54) is 6.92 Å². The molecule has 4 nitrogen and oxygen atoms in total. The van der Waals surface area contributed by atoms with Crippen molar-refractivity contribution in [1.82, 2.24) is 0 Å². The van der Waals surface area contributed by atoms with Gasteiger partial charge in [0.05, 0.1) is 11.0 Å². The summed E-state index contributed by atoms with van der Waals surface area (Å²) in [5.74, 6) is -0.441. The molecule has 3 aliphatic rings. The van der Waals surface area contributed by atoms with Crippen LogP contribution in [0.15, 0.2) is 24.3 Å². The molecule has 4 heteroatoms. The molecule has 2 saturated carbocycles. The molecule has 144 valence electrons. The highest BCUT2D eigenvalue weighted by atomic mass is 16.5. The third kappa shape index (κ3) is 2.52. The molecule has 26 heavy (non-hydrogen) atoms. The van der Waals surface area contributed by atoms with Crippen molar-refractivity contribution < 1.29 is 19.4 Å². The van der Waals surface area contributed by atoms with Crippen molar-refractivity contribution in [3.63, 3.8) is 0 Å². The fourth-order valence-electron chi connectivity index (χ4n) is 6.01. The largest absolute Gasteiger partial charge is 0.462 e. The molecular weight excluding hydrogens is 328 g/mol. The van der Waals surface area contributed by atoms with Crippen LogP contribution in [0.5, 0.6) is 0 Å². The van der Waals surface area contributed by atoms with Gasteiger partial charge < -0.3 is 9.84 Å². The molecule has 3 aliphatic carbocycles. The number of carbonyl (C=O) groups is 2. The van der Waals surface area contributed by atoms with Gasteiger partial charge in [-0.15, -0.1) is 6.58 Å². The number of aliphatic hydroxyl groups is 1. The van der Waals surface area contributed by atoms with Gasteiger partial charge in [0.1, 0.15) is 11.9 Å². The second-order valence-corrected chi connectivity index (χ2v) is 9.68. The lowest BCUT2D eigenvalue weighted by Gasteiger charge is -2.63. The minimum absolute atomic E-state index is 0.0919. The zero-order chi connectivity index (χ0) is 19.5. The Morgan fingerprint density at radius 2 is 1.92 bits per heavy atom. The number of Topliss-reactive ketones (excluding diaryl/α,β-unsaturated/α-hetero) is 1. The van der Waals surface area contributed by atoms with Gasteiger partial charge in [-0.3, -0.25) is 9.59 Å². The number of rotatable bonds is 2. The third-order valence-electron chi connectivity index (χ3n) is 7.54. The van der Waals surface area contributed by atoms with Gasteiger partial charge >= 0.3 is 5.97 Å². The summed E-state index contributed by atoms with van der Waals surface area (Å²) in [5.41, 5.74) is -1.68. The number of allylic oxidation sites excluding steroid dienone is 2. The molecule has 0 aromatic carbocycles. The monoisotopic (exact) mass is 360 g/mol. The molecule has 2 fully saturated rings. The number of carbonyl (C=O) groups excluding carboxylic acids is 2. The predicted molar refractivity (Wildman–Crippen MR) is 100 cm³/mol. The summed E-state index contributed by atoms with van der Waals surface area (Å²) in [7, 11) is 0.